The highest BCUT2D eigenvalue weighted by atomic mass is 32.2. The lowest BCUT2D eigenvalue weighted by molar-refractivity contribution is -0.122. The minimum atomic E-state index is -3.14. The van der Waals surface area contributed by atoms with Gasteiger partial charge in [0, 0.05) is 5.41 Å². The number of nitrogens with one attached hydrogen (secondary N) is 1. The summed E-state index contributed by atoms with van der Waals surface area (Å²) in [4.78, 5) is 11.4. The highest BCUT2D eigenvalue weighted by molar-refractivity contribution is 7.94. The molecule has 1 heterocycles. The second-order valence-electron chi connectivity index (χ2n) is 3.40. The van der Waals surface area contributed by atoms with E-state index in [-0.39, 0.29) is 11.7 Å². The third kappa shape index (κ3) is 3.49. The zero-order valence-corrected chi connectivity index (χ0v) is 9.03. The summed E-state index contributed by atoms with van der Waals surface area (Å²) >= 11 is 0. The second kappa shape index (κ2) is 4.59. The van der Waals surface area contributed by atoms with E-state index in [1.54, 1.807) is 6.08 Å². The van der Waals surface area contributed by atoms with Crippen molar-refractivity contribution >= 4 is 15.7 Å². The van der Waals surface area contributed by atoms with Gasteiger partial charge in [0.2, 0.25) is 5.91 Å². The van der Waals surface area contributed by atoms with Crippen LogP contribution in [0.3, 0.4) is 0 Å². The smallest absolute Gasteiger partial charge is 0.237 e. The fourth-order valence-electron chi connectivity index (χ4n) is 1.24. The van der Waals surface area contributed by atoms with Crippen LogP contribution in [0.1, 0.15) is 6.42 Å². The van der Waals surface area contributed by atoms with Crippen molar-refractivity contribution in [2.24, 2.45) is 5.73 Å². The monoisotopic (exact) mass is 230 g/mol. The van der Waals surface area contributed by atoms with Gasteiger partial charge in [0.15, 0.2) is 9.84 Å². The Morgan fingerprint density at radius 3 is 2.87 bits per heavy atom. The lowest BCUT2D eigenvalue weighted by atomic mass is 10.2. The number of carbonyl (C=O) groups is 1. The summed E-state index contributed by atoms with van der Waals surface area (Å²) in [6.45, 7) is 3.47. The molecule has 0 radical (unpaired) electrons. The van der Waals surface area contributed by atoms with Crippen LogP contribution in [0.15, 0.2) is 24.1 Å². The molecule has 1 rings (SSSR count). The number of nitrogens with two attached hydrogens (primary N) is 1. The van der Waals surface area contributed by atoms with Crippen molar-refractivity contribution in [3.63, 3.8) is 0 Å². The molecule has 0 bridgehead atoms. The molecule has 0 fully saturated rings. The van der Waals surface area contributed by atoms with Gasteiger partial charge in [-0.25, -0.2) is 8.42 Å². The fourth-order valence-corrected chi connectivity index (χ4v) is 2.48. The third-order valence-electron chi connectivity index (χ3n) is 2.02. The summed E-state index contributed by atoms with van der Waals surface area (Å²) in [6.07, 6.45) is 3.37. The molecule has 0 aromatic heterocycles. The van der Waals surface area contributed by atoms with Gasteiger partial charge in [0.05, 0.1) is 17.8 Å². The van der Waals surface area contributed by atoms with Crippen molar-refractivity contribution in [3.05, 3.63) is 24.1 Å². The number of carbonyl (C=O) groups excluding carboxylic acids is 1. The first-order valence-corrected chi connectivity index (χ1v) is 6.24. The van der Waals surface area contributed by atoms with E-state index < -0.39 is 21.9 Å². The first-order valence-electron chi connectivity index (χ1n) is 4.52. The summed E-state index contributed by atoms with van der Waals surface area (Å²) in [5.41, 5.74) is 5.52. The zero-order chi connectivity index (χ0) is 11.5. The topological polar surface area (TPSA) is 89.3 Å². The molecule has 5 nitrogen and oxygen atoms in total. The quantitative estimate of drug-likeness (QED) is 0.626. The number of hydrogen-bond donors (Lipinski definition) is 2. The molecule has 1 amide bonds. The normalized spacial score (nSPS) is 24.7. The average molecular weight is 230 g/mol. The Balaban J connectivity index is 2.47. The molecule has 1 aliphatic rings. The van der Waals surface area contributed by atoms with Gasteiger partial charge in [-0.05, 0) is 12.5 Å². The minimum absolute atomic E-state index is 0.0838. The van der Waals surface area contributed by atoms with Crippen LogP contribution in [0, 0.1) is 0 Å². The summed E-state index contributed by atoms with van der Waals surface area (Å²) in [5.74, 6) is -0.443. The highest BCUT2D eigenvalue weighted by Crippen LogP contribution is 2.07. The second-order valence-corrected chi connectivity index (χ2v) is 5.34. The molecule has 0 aromatic rings. The van der Waals surface area contributed by atoms with Crippen molar-refractivity contribution in [1.82, 2.24) is 5.32 Å². The summed E-state index contributed by atoms with van der Waals surface area (Å²) < 4.78 is 22.1. The van der Waals surface area contributed by atoms with E-state index in [9.17, 15) is 13.2 Å². The lowest BCUT2D eigenvalue weighted by Crippen LogP contribution is -2.45. The van der Waals surface area contributed by atoms with E-state index in [1.165, 1.54) is 6.08 Å². The molecule has 2 unspecified atom stereocenters. The maximum absolute atomic E-state index is 11.4. The first-order chi connectivity index (χ1) is 6.94. The number of rotatable bonds is 4. The molecule has 0 aromatic carbocycles. The van der Waals surface area contributed by atoms with Crippen LogP contribution in [-0.4, -0.2) is 32.2 Å². The molecule has 6 heteroatoms. The molecule has 2 atom stereocenters. The van der Waals surface area contributed by atoms with Gasteiger partial charge in [0.25, 0.3) is 0 Å². The lowest BCUT2D eigenvalue weighted by Gasteiger charge is -2.13. The zero-order valence-electron chi connectivity index (χ0n) is 8.22. The number of amides is 1. The summed E-state index contributed by atoms with van der Waals surface area (Å²) in [5, 5.41) is 3.65. The third-order valence-corrected chi connectivity index (χ3v) is 3.41. The van der Waals surface area contributed by atoms with Gasteiger partial charge >= 0.3 is 0 Å². The van der Waals surface area contributed by atoms with Crippen LogP contribution in [0.5, 0.6) is 0 Å². The summed E-state index contributed by atoms with van der Waals surface area (Å²) in [6, 6.07) is -1.13. The van der Waals surface area contributed by atoms with E-state index in [1.807, 2.05) is 0 Å². The Labute approximate surface area is 89.0 Å². The van der Waals surface area contributed by atoms with E-state index in [4.69, 9.17) is 5.73 Å². The van der Waals surface area contributed by atoms with Crippen LogP contribution in [0.25, 0.3) is 0 Å². The van der Waals surface area contributed by atoms with Crippen molar-refractivity contribution in [2.75, 3.05) is 5.75 Å². The highest BCUT2D eigenvalue weighted by Gasteiger charge is 2.24. The van der Waals surface area contributed by atoms with Crippen LogP contribution in [0.2, 0.25) is 0 Å². The maximum Gasteiger partial charge on any atom is 0.237 e. The Bertz CT molecular complexity index is 386. The van der Waals surface area contributed by atoms with Crippen LogP contribution in [0.4, 0.5) is 0 Å². The maximum atomic E-state index is 11.4. The van der Waals surface area contributed by atoms with Gasteiger partial charge in [0.1, 0.15) is 0 Å². The minimum Gasteiger partial charge on any atom is -0.347 e. The fraction of sp³-hybridized carbons (Fsp3) is 0.444. The van der Waals surface area contributed by atoms with E-state index in [0.717, 1.165) is 5.41 Å². The molecule has 15 heavy (non-hydrogen) atoms. The molecule has 0 aliphatic carbocycles. The van der Waals surface area contributed by atoms with E-state index in [2.05, 4.69) is 11.9 Å². The van der Waals surface area contributed by atoms with Crippen LogP contribution in [-0.2, 0) is 14.6 Å². The Hall–Kier alpha value is -1.14. The van der Waals surface area contributed by atoms with Crippen molar-refractivity contribution in [2.45, 2.75) is 18.5 Å². The van der Waals surface area contributed by atoms with E-state index in [0.29, 0.717) is 6.42 Å². The predicted octanol–water partition coefficient (Wildman–Crippen LogP) is -0.683. The largest absolute Gasteiger partial charge is 0.347 e. The predicted molar refractivity (Wildman–Crippen MR) is 57.6 cm³/mol. The van der Waals surface area contributed by atoms with Crippen molar-refractivity contribution in [3.8, 4) is 0 Å². The van der Waals surface area contributed by atoms with Crippen LogP contribution < -0.4 is 11.1 Å². The van der Waals surface area contributed by atoms with Gasteiger partial charge < -0.3 is 11.1 Å². The number of sulfone groups is 1. The standard InChI is InChI=1S/C9H14N2O3S/c1-2-3-8(10)9(12)11-7-4-5-15(13,14)6-7/h2,4-5,7-8H,1,3,6,10H2,(H,11,12). The molecular weight excluding hydrogens is 216 g/mol. The Morgan fingerprint density at radius 2 is 2.40 bits per heavy atom. The van der Waals surface area contributed by atoms with Crippen molar-refractivity contribution in [1.29, 1.82) is 0 Å². The molecule has 0 spiro atoms. The van der Waals surface area contributed by atoms with Gasteiger partial charge in [-0.2, -0.15) is 0 Å². The molecule has 0 saturated heterocycles. The van der Waals surface area contributed by atoms with Gasteiger partial charge in [-0.3, -0.25) is 4.79 Å². The van der Waals surface area contributed by atoms with Gasteiger partial charge in [-0.15, -0.1) is 6.58 Å². The van der Waals surface area contributed by atoms with Crippen LogP contribution >= 0.6 is 0 Å². The number of hydrogen-bond acceptors (Lipinski definition) is 4. The first kappa shape index (κ1) is 11.9. The summed E-state index contributed by atoms with van der Waals surface area (Å²) in [7, 11) is -3.14. The van der Waals surface area contributed by atoms with Crippen molar-refractivity contribution < 1.29 is 13.2 Å². The molecule has 0 saturated carbocycles. The molecule has 1 aliphatic heterocycles. The Kier molecular flexibility index (Phi) is 3.65. The Morgan fingerprint density at radius 1 is 1.73 bits per heavy atom. The molecule has 84 valence electrons. The van der Waals surface area contributed by atoms with Gasteiger partial charge in [-0.1, -0.05) is 6.08 Å². The SMILES string of the molecule is C=CCC(N)C(=O)NC1C=CS(=O)(=O)C1. The molecule has 3 N–H and O–H groups in total. The van der Waals surface area contributed by atoms with E-state index >= 15 is 0 Å². The average Bonchev–Trinajstić information content (AvgIpc) is 2.46. The molecular formula is C9H14N2O3S.